The molecule has 0 spiro atoms. The lowest BCUT2D eigenvalue weighted by Crippen LogP contribution is -1.90. The summed E-state index contributed by atoms with van der Waals surface area (Å²) in [5.74, 6) is 0.275. The number of hydrogen-bond acceptors (Lipinski definition) is 2. The molecule has 0 bridgehead atoms. The van der Waals surface area contributed by atoms with Crippen molar-refractivity contribution in [2.75, 3.05) is 5.73 Å². The lowest BCUT2D eigenvalue weighted by Gasteiger charge is -2.03. The Balaban J connectivity index is 3.31. The smallest absolute Gasteiger partial charge is 0.120 e. The molecule has 0 aliphatic heterocycles. The number of nitrogens with two attached hydrogens (primary N) is 1. The van der Waals surface area contributed by atoms with Gasteiger partial charge in [0.05, 0.1) is 0 Å². The fourth-order valence-corrected chi connectivity index (χ4v) is 0.867. The van der Waals surface area contributed by atoms with E-state index in [1.807, 2.05) is 13.0 Å². The highest BCUT2D eigenvalue weighted by atomic mass is 16.3. The van der Waals surface area contributed by atoms with E-state index in [0.29, 0.717) is 5.69 Å². The summed E-state index contributed by atoms with van der Waals surface area (Å²) in [6.45, 7) is 3.69. The number of nitrogen functional groups attached to an aromatic ring is 1. The van der Waals surface area contributed by atoms with E-state index in [1.165, 1.54) is 0 Å². The van der Waals surface area contributed by atoms with Gasteiger partial charge in [0.2, 0.25) is 0 Å². The van der Waals surface area contributed by atoms with E-state index in [1.54, 1.807) is 13.0 Å². The molecule has 1 aromatic carbocycles. The molecule has 0 atom stereocenters. The molecule has 0 saturated carbocycles. The Morgan fingerprint density at radius 1 is 1.30 bits per heavy atom. The van der Waals surface area contributed by atoms with Crippen molar-refractivity contribution in [3.05, 3.63) is 23.3 Å². The number of hydrogen-bond donors (Lipinski definition) is 2. The molecule has 0 radical (unpaired) electrons. The molecule has 0 aliphatic rings. The minimum Gasteiger partial charge on any atom is -0.508 e. The van der Waals surface area contributed by atoms with Gasteiger partial charge in [0.1, 0.15) is 5.75 Å². The first-order chi connectivity index (χ1) is 4.61. The van der Waals surface area contributed by atoms with Crippen LogP contribution in [0.4, 0.5) is 5.69 Å². The van der Waals surface area contributed by atoms with Gasteiger partial charge in [0.25, 0.3) is 0 Å². The standard InChI is InChI=1S/C8H11NO/c1-5-3-7(9)6(2)8(10)4-5/h3-4,10H,9H2,1-2H3. The van der Waals surface area contributed by atoms with Crippen LogP contribution in [0.2, 0.25) is 0 Å². The Hall–Kier alpha value is -1.18. The molecule has 0 heterocycles. The van der Waals surface area contributed by atoms with Crippen molar-refractivity contribution in [2.24, 2.45) is 0 Å². The van der Waals surface area contributed by atoms with E-state index >= 15 is 0 Å². The van der Waals surface area contributed by atoms with E-state index in [-0.39, 0.29) is 5.75 Å². The maximum absolute atomic E-state index is 9.20. The largest absolute Gasteiger partial charge is 0.508 e. The van der Waals surface area contributed by atoms with Gasteiger partial charge in [-0.2, -0.15) is 0 Å². The second-order valence-electron chi connectivity index (χ2n) is 2.50. The minimum absolute atomic E-state index is 0.275. The number of anilines is 1. The fraction of sp³-hybridized carbons (Fsp3) is 0.250. The van der Waals surface area contributed by atoms with Gasteiger partial charge in [-0.05, 0) is 31.5 Å². The summed E-state index contributed by atoms with van der Waals surface area (Å²) in [4.78, 5) is 0. The molecule has 54 valence electrons. The summed E-state index contributed by atoms with van der Waals surface area (Å²) in [7, 11) is 0. The second kappa shape index (κ2) is 2.21. The molecule has 1 rings (SSSR count). The van der Waals surface area contributed by atoms with E-state index in [4.69, 9.17) is 5.73 Å². The van der Waals surface area contributed by atoms with Crippen LogP contribution in [0.5, 0.6) is 5.75 Å². The molecule has 0 amide bonds. The number of benzene rings is 1. The molecule has 2 heteroatoms. The van der Waals surface area contributed by atoms with E-state index in [9.17, 15) is 5.11 Å². The molecular formula is C8H11NO. The minimum atomic E-state index is 0.275. The monoisotopic (exact) mass is 137 g/mol. The average Bonchev–Trinajstić information content (AvgIpc) is 1.82. The molecule has 3 N–H and O–H groups in total. The lowest BCUT2D eigenvalue weighted by molar-refractivity contribution is 0.471. The van der Waals surface area contributed by atoms with Crippen LogP contribution in [0.15, 0.2) is 12.1 Å². The molecule has 0 aromatic heterocycles. The Labute approximate surface area is 60.3 Å². The van der Waals surface area contributed by atoms with Crippen molar-refractivity contribution in [2.45, 2.75) is 13.8 Å². The van der Waals surface area contributed by atoms with Crippen LogP contribution in [0.1, 0.15) is 11.1 Å². The molecule has 0 aliphatic carbocycles. The Bertz CT molecular complexity index is 232. The highest BCUT2D eigenvalue weighted by molar-refractivity contribution is 5.54. The Morgan fingerprint density at radius 2 is 1.90 bits per heavy atom. The van der Waals surface area contributed by atoms with Gasteiger partial charge in [-0.25, -0.2) is 0 Å². The average molecular weight is 137 g/mol. The third-order valence-corrected chi connectivity index (χ3v) is 1.56. The van der Waals surface area contributed by atoms with Gasteiger partial charge < -0.3 is 10.8 Å². The fourth-order valence-electron chi connectivity index (χ4n) is 0.867. The van der Waals surface area contributed by atoms with Crippen LogP contribution >= 0.6 is 0 Å². The Kier molecular flexibility index (Phi) is 1.53. The molecule has 2 nitrogen and oxygen atoms in total. The van der Waals surface area contributed by atoms with Gasteiger partial charge >= 0.3 is 0 Å². The second-order valence-corrected chi connectivity index (χ2v) is 2.50. The maximum Gasteiger partial charge on any atom is 0.120 e. The molecule has 0 unspecified atom stereocenters. The van der Waals surface area contributed by atoms with Gasteiger partial charge in [-0.3, -0.25) is 0 Å². The number of aromatic hydroxyl groups is 1. The predicted octanol–water partition coefficient (Wildman–Crippen LogP) is 1.59. The van der Waals surface area contributed by atoms with Crippen LogP contribution in [0.3, 0.4) is 0 Å². The zero-order valence-corrected chi connectivity index (χ0v) is 6.18. The zero-order chi connectivity index (χ0) is 7.72. The first kappa shape index (κ1) is 6.93. The van der Waals surface area contributed by atoms with Crippen molar-refractivity contribution in [1.82, 2.24) is 0 Å². The topological polar surface area (TPSA) is 46.2 Å². The number of aryl methyl sites for hydroxylation is 1. The first-order valence-corrected chi connectivity index (χ1v) is 3.17. The highest BCUT2D eigenvalue weighted by Crippen LogP contribution is 2.23. The van der Waals surface area contributed by atoms with E-state index in [2.05, 4.69) is 0 Å². The third kappa shape index (κ3) is 1.05. The summed E-state index contributed by atoms with van der Waals surface area (Å²) in [6, 6.07) is 3.54. The summed E-state index contributed by atoms with van der Waals surface area (Å²) in [5.41, 5.74) is 7.95. The molecule has 1 aromatic rings. The quantitative estimate of drug-likeness (QED) is 0.533. The van der Waals surface area contributed by atoms with Gasteiger partial charge in [-0.1, -0.05) is 0 Å². The molecule has 0 fully saturated rings. The molecule has 10 heavy (non-hydrogen) atoms. The first-order valence-electron chi connectivity index (χ1n) is 3.17. The lowest BCUT2D eigenvalue weighted by atomic mass is 10.1. The van der Waals surface area contributed by atoms with Gasteiger partial charge in [0, 0.05) is 11.3 Å². The highest BCUT2D eigenvalue weighted by Gasteiger charge is 1.99. The zero-order valence-electron chi connectivity index (χ0n) is 6.18. The maximum atomic E-state index is 9.20. The number of phenols is 1. The van der Waals surface area contributed by atoms with Crippen LogP contribution < -0.4 is 5.73 Å². The Morgan fingerprint density at radius 3 is 2.40 bits per heavy atom. The van der Waals surface area contributed by atoms with Gasteiger partial charge in [0.15, 0.2) is 0 Å². The third-order valence-electron chi connectivity index (χ3n) is 1.56. The van der Waals surface area contributed by atoms with Crippen molar-refractivity contribution in [3.63, 3.8) is 0 Å². The van der Waals surface area contributed by atoms with Crippen LogP contribution in [-0.4, -0.2) is 5.11 Å². The van der Waals surface area contributed by atoms with Crippen LogP contribution in [0.25, 0.3) is 0 Å². The summed E-state index contributed by atoms with van der Waals surface area (Å²) >= 11 is 0. The van der Waals surface area contributed by atoms with E-state index in [0.717, 1.165) is 11.1 Å². The van der Waals surface area contributed by atoms with Crippen LogP contribution in [0, 0.1) is 13.8 Å². The van der Waals surface area contributed by atoms with Crippen LogP contribution in [-0.2, 0) is 0 Å². The number of phenolic OH excluding ortho intramolecular Hbond substituents is 1. The summed E-state index contributed by atoms with van der Waals surface area (Å²) < 4.78 is 0. The summed E-state index contributed by atoms with van der Waals surface area (Å²) in [5, 5.41) is 9.20. The molecular weight excluding hydrogens is 126 g/mol. The summed E-state index contributed by atoms with van der Waals surface area (Å²) in [6.07, 6.45) is 0. The number of rotatable bonds is 0. The van der Waals surface area contributed by atoms with E-state index < -0.39 is 0 Å². The normalized spacial score (nSPS) is 9.80. The predicted molar refractivity (Wildman–Crippen MR) is 42.0 cm³/mol. The van der Waals surface area contributed by atoms with Crippen molar-refractivity contribution >= 4 is 5.69 Å². The van der Waals surface area contributed by atoms with Gasteiger partial charge in [-0.15, -0.1) is 0 Å². The van der Waals surface area contributed by atoms with Crippen molar-refractivity contribution in [1.29, 1.82) is 0 Å². The SMILES string of the molecule is Cc1cc(N)c(C)c(O)c1. The van der Waals surface area contributed by atoms with Crippen molar-refractivity contribution in [3.8, 4) is 5.75 Å². The van der Waals surface area contributed by atoms with Crippen molar-refractivity contribution < 1.29 is 5.11 Å². The molecule has 0 saturated heterocycles.